The van der Waals surface area contributed by atoms with Gasteiger partial charge in [0.05, 0.1) is 5.69 Å². The molecule has 0 aliphatic heterocycles. The summed E-state index contributed by atoms with van der Waals surface area (Å²) in [5.41, 5.74) is 4.94. The number of aromatic nitrogens is 4. The molecule has 4 aromatic rings. The lowest BCUT2D eigenvalue weighted by Crippen LogP contribution is -1.97. The van der Waals surface area contributed by atoms with Gasteiger partial charge in [-0.25, -0.2) is 4.98 Å². The maximum atomic E-state index is 6.13. The molecule has 4 nitrogen and oxygen atoms in total. The summed E-state index contributed by atoms with van der Waals surface area (Å²) in [6.45, 7) is 2.05. The summed E-state index contributed by atoms with van der Waals surface area (Å²) in [7, 11) is 0. The summed E-state index contributed by atoms with van der Waals surface area (Å²) in [6.07, 6.45) is 1.80. The van der Waals surface area contributed by atoms with E-state index in [0.717, 1.165) is 27.9 Å². The second kappa shape index (κ2) is 7.02. The molecule has 0 radical (unpaired) electrons. The molecule has 2 aromatic heterocycles. The standard InChI is InChI=1S/C21H15ClN4/c1-14-6-5-13-23-18(14)15-9-11-17(12-10-15)20-24-19(25-21(22)26-20)16-7-3-2-4-8-16/h2-13H,1H3. The van der Waals surface area contributed by atoms with Crippen LogP contribution in [-0.2, 0) is 0 Å². The summed E-state index contributed by atoms with van der Waals surface area (Å²) in [4.78, 5) is 17.5. The molecule has 0 aliphatic carbocycles. The molecular formula is C21H15ClN4. The first kappa shape index (κ1) is 16.4. The van der Waals surface area contributed by atoms with Crippen LogP contribution in [0.5, 0.6) is 0 Å². The Hall–Kier alpha value is -3.11. The zero-order valence-electron chi connectivity index (χ0n) is 14.1. The number of halogens is 1. The molecule has 0 fully saturated rings. The lowest BCUT2D eigenvalue weighted by Gasteiger charge is -2.07. The predicted molar refractivity (Wildman–Crippen MR) is 104 cm³/mol. The smallest absolute Gasteiger partial charge is 0.226 e. The van der Waals surface area contributed by atoms with Crippen LogP contribution in [0.3, 0.4) is 0 Å². The highest BCUT2D eigenvalue weighted by atomic mass is 35.5. The largest absolute Gasteiger partial charge is 0.256 e. The van der Waals surface area contributed by atoms with E-state index in [2.05, 4.69) is 19.9 Å². The lowest BCUT2D eigenvalue weighted by molar-refractivity contribution is 1.07. The van der Waals surface area contributed by atoms with Crippen molar-refractivity contribution >= 4 is 11.6 Å². The van der Waals surface area contributed by atoms with E-state index in [4.69, 9.17) is 11.6 Å². The minimum atomic E-state index is 0.179. The Morgan fingerprint density at radius 1 is 0.654 bits per heavy atom. The third-order valence-electron chi connectivity index (χ3n) is 4.07. The summed E-state index contributed by atoms with van der Waals surface area (Å²) in [6, 6.07) is 21.7. The second-order valence-corrected chi connectivity index (χ2v) is 6.20. The monoisotopic (exact) mass is 358 g/mol. The fourth-order valence-corrected chi connectivity index (χ4v) is 2.92. The topological polar surface area (TPSA) is 51.6 Å². The van der Waals surface area contributed by atoms with Crippen LogP contribution in [0.4, 0.5) is 0 Å². The Morgan fingerprint density at radius 3 is 1.92 bits per heavy atom. The van der Waals surface area contributed by atoms with E-state index in [9.17, 15) is 0 Å². The first-order valence-corrected chi connectivity index (χ1v) is 8.58. The van der Waals surface area contributed by atoms with Crippen LogP contribution in [0.15, 0.2) is 72.9 Å². The Balaban J connectivity index is 1.72. The molecule has 0 bridgehead atoms. The summed E-state index contributed by atoms with van der Waals surface area (Å²) >= 11 is 6.13. The predicted octanol–water partition coefficient (Wildman–Crippen LogP) is 5.23. The number of aryl methyl sites for hydroxylation is 1. The molecule has 5 heteroatoms. The van der Waals surface area contributed by atoms with Gasteiger partial charge in [0.15, 0.2) is 11.6 Å². The third-order valence-corrected chi connectivity index (χ3v) is 4.24. The number of nitrogens with zero attached hydrogens (tertiary/aromatic N) is 4. The number of hydrogen-bond acceptors (Lipinski definition) is 4. The number of hydrogen-bond donors (Lipinski definition) is 0. The Kier molecular flexibility index (Phi) is 4.42. The number of pyridine rings is 1. The van der Waals surface area contributed by atoms with Gasteiger partial charge in [-0.2, -0.15) is 9.97 Å². The normalized spacial score (nSPS) is 10.7. The van der Waals surface area contributed by atoms with Crippen molar-refractivity contribution in [3.05, 3.63) is 83.8 Å². The quantitative estimate of drug-likeness (QED) is 0.503. The van der Waals surface area contributed by atoms with E-state index in [-0.39, 0.29) is 5.28 Å². The first-order valence-electron chi connectivity index (χ1n) is 8.20. The highest BCUT2D eigenvalue weighted by Crippen LogP contribution is 2.25. The zero-order valence-corrected chi connectivity index (χ0v) is 14.9. The van der Waals surface area contributed by atoms with Gasteiger partial charge in [-0.1, -0.05) is 60.7 Å². The molecule has 2 heterocycles. The molecule has 2 aromatic carbocycles. The van der Waals surface area contributed by atoms with Crippen LogP contribution in [0.25, 0.3) is 34.0 Å². The fourth-order valence-electron chi connectivity index (χ4n) is 2.76. The van der Waals surface area contributed by atoms with Gasteiger partial charge < -0.3 is 0 Å². The van der Waals surface area contributed by atoms with Gasteiger partial charge >= 0.3 is 0 Å². The fraction of sp³-hybridized carbons (Fsp3) is 0.0476. The molecule has 0 unspecified atom stereocenters. The van der Waals surface area contributed by atoms with Gasteiger partial charge in [0.1, 0.15) is 0 Å². The summed E-state index contributed by atoms with van der Waals surface area (Å²) in [5.74, 6) is 1.11. The van der Waals surface area contributed by atoms with Crippen LogP contribution in [0, 0.1) is 6.92 Å². The van der Waals surface area contributed by atoms with Crippen molar-refractivity contribution < 1.29 is 0 Å². The van der Waals surface area contributed by atoms with Crippen LogP contribution in [-0.4, -0.2) is 19.9 Å². The van der Waals surface area contributed by atoms with Crippen molar-refractivity contribution in [2.24, 2.45) is 0 Å². The maximum Gasteiger partial charge on any atom is 0.226 e. The number of benzene rings is 2. The summed E-state index contributed by atoms with van der Waals surface area (Å²) in [5, 5.41) is 0.179. The Morgan fingerprint density at radius 2 is 1.27 bits per heavy atom. The Bertz CT molecular complexity index is 1050. The average molecular weight is 359 g/mol. The Labute approximate surface area is 156 Å². The van der Waals surface area contributed by atoms with Crippen molar-refractivity contribution in [2.45, 2.75) is 6.92 Å². The molecule has 26 heavy (non-hydrogen) atoms. The molecule has 0 N–H and O–H groups in total. The molecule has 0 saturated carbocycles. The van der Waals surface area contributed by atoms with E-state index in [0.29, 0.717) is 11.6 Å². The van der Waals surface area contributed by atoms with E-state index in [1.807, 2.05) is 73.7 Å². The molecule has 0 amide bonds. The minimum absolute atomic E-state index is 0.179. The van der Waals surface area contributed by atoms with Gasteiger partial charge in [-0.15, -0.1) is 0 Å². The molecule has 0 aliphatic rings. The van der Waals surface area contributed by atoms with Crippen molar-refractivity contribution in [3.8, 4) is 34.0 Å². The van der Waals surface area contributed by atoms with Crippen molar-refractivity contribution in [3.63, 3.8) is 0 Å². The average Bonchev–Trinajstić information content (AvgIpc) is 2.69. The zero-order chi connectivity index (χ0) is 17.9. The maximum absolute atomic E-state index is 6.13. The summed E-state index contributed by atoms with van der Waals surface area (Å²) < 4.78 is 0. The van der Waals surface area contributed by atoms with Gasteiger partial charge in [-0.3, -0.25) is 4.98 Å². The molecule has 0 atom stereocenters. The third kappa shape index (κ3) is 3.32. The van der Waals surface area contributed by atoms with Crippen LogP contribution < -0.4 is 0 Å². The highest BCUT2D eigenvalue weighted by Gasteiger charge is 2.10. The lowest BCUT2D eigenvalue weighted by atomic mass is 10.0. The van der Waals surface area contributed by atoms with E-state index in [1.54, 1.807) is 6.20 Å². The first-order chi connectivity index (χ1) is 12.7. The molecule has 0 saturated heterocycles. The van der Waals surface area contributed by atoms with Crippen molar-refractivity contribution in [2.75, 3.05) is 0 Å². The molecule has 126 valence electrons. The van der Waals surface area contributed by atoms with Crippen molar-refractivity contribution in [1.82, 2.24) is 19.9 Å². The van der Waals surface area contributed by atoms with Gasteiger partial charge in [0, 0.05) is 22.9 Å². The van der Waals surface area contributed by atoms with Crippen LogP contribution in [0.2, 0.25) is 5.28 Å². The minimum Gasteiger partial charge on any atom is -0.256 e. The molecule has 0 spiro atoms. The van der Waals surface area contributed by atoms with Crippen LogP contribution in [0.1, 0.15) is 5.56 Å². The molecular weight excluding hydrogens is 344 g/mol. The van der Waals surface area contributed by atoms with Gasteiger partial charge in [0.2, 0.25) is 5.28 Å². The number of rotatable bonds is 3. The molecule has 4 rings (SSSR count). The van der Waals surface area contributed by atoms with E-state index in [1.165, 1.54) is 0 Å². The van der Waals surface area contributed by atoms with E-state index >= 15 is 0 Å². The highest BCUT2D eigenvalue weighted by molar-refractivity contribution is 6.28. The van der Waals surface area contributed by atoms with E-state index < -0.39 is 0 Å². The van der Waals surface area contributed by atoms with Gasteiger partial charge in [0.25, 0.3) is 0 Å². The van der Waals surface area contributed by atoms with Crippen molar-refractivity contribution in [1.29, 1.82) is 0 Å². The SMILES string of the molecule is Cc1cccnc1-c1ccc(-c2nc(Cl)nc(-c3ccccc3)n2)cc1. The van der Waals surface area contributed by atoms with Crippen LogP contribution >= 0.6 is 11.6 Å². The van der Waals surface area contributed by atoms with Gasteiger partial charge in [-0.05, 0) is 30.2 Å². The second-order valence-electron chi connectivity index (χ2n) is 5.86.